The Labute approximate surface area is 139 Å². The van der Waals surface area contributed by atoms with Crippen molar-refractivity contribution < 1.29 is 39.2 Å². The fourth-order valence-electron chi connectivity index (χ4n) is 3.58. The van der Waals surface area contributed by atoms with Gasteiger partial charge in [-0.1, -0.05) is 13.8 Å². The Balaban J connectivity index is 1.95. The molecule has 2 N–H and O–H groups in total. The molecular formula is C16H22O8. The first-order valence-electron chi connectivity index (χ1n) is 7.90. The van der Waals surface area contributed by atoms with E-state index in [2.05, 4.69) is 9.78 Å². The summed E-state index contributed by atoms with van der Waals surface area (Å²) in [6.45, 7) is 4.93. The van der Waals surface area contributed by atoms with Gasteiger partial charge in [0.05, 0.1) is 23.2 Å². The molecule has 24 heavy (non-hydrogen) atoms. The van der Waals surface area contributed by atoms with Gasteiger partial charge in [-0.3, -0.25) is 9.59 Å². The maximum absolute atomic E-state index is 12.2. The van der Waals surface area contributed by atoms with Crippen molar-refractivity contribution in [3.63, 3.8) is 0 Å². The quantitative estimate of drug-likeness (QED) is 0.583. The Morgan fingerprint density at radius 2 is 1.42 bits per heavy atom. The highest BCUT2D eigenvalue weighted by Gasteiger charge is 2.59. The molecule has 8 nitrogen and oxygen atoms in total. The number of carboxylic acid groups (broad SMARTS) is 2. The summed E-state index contributed by atoms with van der Waals surface area (Å²) in [4.78, 5) is 55.6. The molecular weight excluding hydrogens is 320 g/mol. The third-order valence-electron chi connectivity index (χ3n) is 6.08. The third kappa shape index (κ3) is 2.74. The normalized spacial score (nSPS) is 34.0. The van der Waals surface area contributed by atoms with Crippen LogP contribution < -0.4 is 0 Å². The predicted octanol–water partition coefficient (Wildman–Crippen LogP) is 1.63. The number of carboxylic acids is 2. The van der Waals surface area contributed by atoms with E-state index in [0.717, 1.165) is 0 Å². The standard InChI is InChI=1S/C16H22O8/c1-15(2)10(6-7-16(15,3)14(21)22)13(20)24-23-12(19)9-5-4-8(9)11(17)18/h8-10H,4-7H2,1-3H3,(H,17,18)(H,21,22)/t8-,9-,10-,16+/m1/s1. The molecule has 0 aromatic rings. The highest BCUT2D eigenvalue weighted by Crippen LogP contribution is 2.56. The topological polar surface area (TPSA) is 127 Å². The minimum Gasteiger partial charge on any atom is -0.481 e. The second kappa shape index (κ2) is 6.07. The first-order chi connectivity index (χ1) is 11.0. The van der Waals surface area contributed by atoms with Crippen LogP contribution in [-0.2, 0) is 29.0 Å². The molecule has 2 aliphatic rings. The van der Waals surface area contributed by atoms with E-state index in [1.54, 1.807) is 20.8 Å². The largest absolute Gasteiger partial charge is 0.481 e. The van der Waals surface area contributed by atoms with Crippen LogP contribution in [0.25, 0.3) is 0 Å². The van der Waals surface area contributed by atoms with Crippen molar-refractivity contribution in [2.45, 2.75) is 46.5 Å². The smallest absolute Gasteiger partial charge is 0.359 e. The molecule has 4 atom stereocenters. The second-order valence-electron chi connectivity index (χ2n) is 7.38. The Bertz CT molecular complexity index is 581. The summed E-state index contributed by atoms with van der Waals surface area (Å²) >= 11 is 0. The van der Waals surface area contributed by atoms with E-state index in [-0.39, 0.29) is 0 Å². The van der Waals surface area contributed by atoms with Crippen LogP contribution in [0.3, 0.4) is 0 Å². The molecule has 134 valence electrons. The number of hydrogen-bond acceptors (Lipinski definition) is 6. The molecule has 0 spiro atoms. The fraction of sp³-hybridized carbons (Fsp3) is 0.750. The second-order valence-corrected chi connectivity index (χ2v) is 7.38. The van der Waals surface area contributed by atoms with Crippen LogP contribution in [-0.4, -0.2) is 34.1 Å². The van der Waals surface area contributed by atoms with Crippen molar-refractivity contribution in [1.29, 1.82) is 0 Å². The fourth-order valence-corrected chi connectivity index (χ4v) is 3.58. The summed E-state index contributed by atoms with van der Waals surface area (Å²) in [5, 5.41) is 18.3. The van der Waals surface area contributed by atoms with Crippen LogP contribution in [0, 0.1) is 28.6 Å². The molecule has 2 fully saturated rings. The minimum atomic E-state index is -1.08. The average molecular weight is 342 g/mol. The Hall–Kier alpha value is -2.12. The van der Waals surface area contributed by atoms with E-state index in [1.165, 1.54) is 0 Å². The van der Waals surface area contributed by atoms with Gasteiger partial charge in [0.1, 0.15) is 0 Å². The lowest BCUT2D eigenvalue weighted by Gasteiger charge is -2.37. The SMILES string of the molecule is CC1(C)[C@@H](C(=O)OOC(=O)[C@@H]2CC[C@H]2C(=O)O)CC[C@@]1(C)C(=O)O. The van der Waals surface area contributed by atoms with Gasteiger partial charge in [0.25, 0.3) is 0 Å². The summed E-state index contributed by atoms with van der Waals surface area (Å²) in [7, 11) is 0. The lowest BCUT2D eigenvalue weighted by molar-refractivity contribution is -0.270. The molecule has 0 aliphatic heterocycles. The lowest BCUT2D eigenvalue weighted by Crippen LogP contribution is -2.43. The number of carbonyl (C=O) groups is 4. The number of rotatable bonds is 4. The van der Waals surface area contributed by atoms with E-state index < -0.39 is 52.5 Å². The summed E-state index contributed by atoms with van der Waals surface area (Å²) in [5.74, 6) is -6.08. The van der Waals surface area contributed by atoms with Gasteiger partial charge in [-0.25, -0.2) is 19.4 Å². The maximum Gasteiger partial charge on any atom is 0.359 e. The molecule has 0 aromatic heterocycles. The van der Waals surface area contributed by atoms with Crippen LogP contribution in [0.4, 0.5) is 0 Å². The third-order valence-corrected chi connectivity index (χ3v) is 6.08. The molecule has 8 heteroatoms. The van der Waals surface area contributed by atoms with Crippen molar-refractivity contribution in [3.05, 3.63) is 0 Å². The van der Waals surface area contributed by atoms with Crippen molar-refractivity contribution in [2.75, 3.05) is 0 Å². The van der Waals surface area contributed by atoms with Crippen LogP contribution >= 0.6 is 0 Å². The van der Waals surface area contributed by atoms with Crippen molar-refractivity contribution in [1.82, 2.24) is 0 Å². The molecule has 0 radical (unpaired) electrons. The van der Waals surface area contributed by atoms with Gasteiger partial charge in [-0.15, -0.1) is 0 Å². The van der Waals surface area contributed by atoms with Crippen LogP contribution in [0.2, 0.25) is 0 Å². The Morgan fingerprint density at radius 1 is 0.875 bits per heavy atom. The molecule has 2 aliphatic carbocycles. The molecule has 0 aromatic carbocycles. The lowest BCUT2D eigenvalue weighted by atomic mass is 9.66. The van der Waals surface area contributed by atoms with E-state index in [4.69, 9.17) is 5.11 Å². The number of hydrogen-bond donors (Lipinski definition) is 2. The molecule has 0 amide bonds. The summed E-state index contributed by atoms with van der Waals surface area (Å²) in [6.07, 6.45) is 1.38. The van der Waals surface area contributed by atoms with Gasteiger partial charge >= 0.3 is 23.9 Å². The first kappa shape index (κ1) is 18.2. The molecule has 2 rings (SSSR count). The highest BCUT2D eigenvalue weighted by molar-refractivity contribution is 5.84. The van der Waals surface area contributed by atoms with Crippen LogP contribution in [0.1, 0.15) is 46.5 Å². The van der Waals surface area contributed by atoms with Crippen molar-refractivity contribution in [3.8, 4) is 0 Å². The first-order valence-corrected chi connectivity index (χ1v) is 7.90. The van der Waals surface area contributed by atoms with E-state index >= 15 is 0 Å². The molecule has 0 heterocycles. The van der Waals surface area contributed by atoms with Gasteiger partial charge in [-0.2, -0.15) is 0 Å². The van der Waals surface area contributed by atoms with Gasteiger partial charge in [0.2, 0.25) is 0 Å². The van der Waals surface area contributed by atoms with Crippen LogP contribution in [0.5, 0.6) is 0 Å². The van der Waals surface area contributed by atoms with Crippen molar-refractivity contribution in [2.24, 2.45) is 28.6 Å². The van der Waals surface area contributed by atoms with Gasteiger partial charge in [0.15, 0.2) is 0 Å². The predicted molar refractivity (Wildman–Crippen MR) is 78.3 cm³/mol. The molecule has 0 saturated heterocycles. The maximum atomic E-state index is 12.2. The molecule has 0 unspecified atom stereocenters. The Kier molecular flexibility index (Phi) is 4.61. The zero-order valence-electron chi connectivity index (χ0n) is 13.9. The van der Waals surface area contributed by atoms with E-state index in [1.807, 2.05) is 0 Å². The Morgan fingerprint density at radius 3 is 1.83 bits per heavy atom. The van der Waals surface area contributed by atoms with E-state index in [0.29, 0.717) is 25.7 Å². The van der Waals surface area contributed by atoms with E-state index in [9.17, 15) is 24.3 Å². The zero-order valence-corrected chi connectivity index (χ0v) is 13.9. The number of carbonyl (C=O) groups excluding carboxylic acids is 2. The minimum absolute atomic E-state index is 0.312. The van der Waals surface area contributed by atoms with Crippen molar-refractivity contribution >= 4 is 23.9 Å². The monoisotopic (exact) mass is 342 g/mol. The van der Waals surface area contributed by atoms with Crippen LogP contribution in [0.15, 0.2) is 0 Å². The van der Waals surface area contributed by atoms with Gasteiger partial charge in [-0.05, 0) is 38.0 Å². The summed E-state index contributed by atoms with van der Waals surface area (Å²) < 4.78 is 0. The summed E-state index contributed by atoms with van der Waals surface area (Å²) in [5.41, 5.74) is -1.95. The zero-order chi connectivity index (χ0) is 18.3. The van der Waals surface area contributed by atoms with Gasteiger partial charge < -0.3 is 10.2 Å². The summed E-state index contributed by atoms with van der Waals surface area (Å²) in [6, 6.07) is 0. The molecule has 2 saturated carbocycles. The average Bonchev–Trinajstić information content (AvgIpc) is 2.66. The van der Waals surface area contributed by atoms with Gasteiger partial charge in [0, 0.05) is 0 Å². The number of aliphatic carboxylic acids is 2. The highest BCUT2D eigenvalue weighted by atomic mass is 17.2. The molecule has 0 bridgehead atoms.